The average molecular weight is 279 g/mol. The van der Waals surface area contributed by atoms with E-state index in [4.69, 9.17) is 5.73 Å². The SMILES string of the molecule is NCC(Cc1cccc(F)c1)Cc1c(F)cccc1F. The lowest BCUT2D eigenvalue weighted by atomic mass is 9.92. The predicted octanol–water partition coefficient (Wildman–Crippen LogP) is 3.46. The Morgan fingerprint density at radius 2 is 1.55 bits per heavy atom. The molecule has 0 amide bonds. The van der Waals surface area contributed by atoms with E-state index in [-0.39, 0.29) is 30.3 Å². The molecule has 0 spiro atoms. The van der Waals surface area contributed by atoms with Gasteiger partial charge in [-0.1, -0.05) is 18.2 Å². The maximum absolute atomic E-state index is 13.6. The lowest BCUT2D eigenvalue weighted by Gasteiger charge is -2.16. The Balaban J connectivity index is 2.13. The quantitative estimate of drug-likeness (QED) is 0.891. The first-order chi connectivity index (χ1) is 9.60. The summed E-state index contributed by atoms with van der Waals surface area (Å²) in [4.78, 5) is 0. The zero-order valence-electron chi connectivity index (χ0n) is 11.0. The molecule has 0 saturated heterocycles. The number of halogens is 3. The van der Waals surface area contributed by atoms with Crippen molar-refractivity contribution in [3.8, 4) is 0 Å². The molecular formula is C16H16F3N. The zero-order valence-corrected chi connectivity index (χ0v) is 11.0. The second kappa shape index (κ2) is 6.57. The minimum Gasteiger partial charge on any atom is -0.330 e. The number of hydrogen-bond donors (Lipinski definition) is 1. The van der Waals surface area contributed by atoms with E-state index in [0.29, 0.717) is 6.42 Å². The molecule has 0 bridgehead atoms. The molecule has 0 aliphatic rings. The van der Waals surface area contributed by atoms with Crippen LogP contribution in [-0.4, -0.2) is 6.54 Å². The molecule has 0 fully saturated rings. The van der Waals surface area contributed by atoms with E-state index in [9.17, 15) is 13.2 Å². The molecule has 1 nitrogen and oxygen atoms in total. The number of benzene rings is 2. The van der Waals surface area contributed by atoms with Crippen LogP contribution in [-0.2, 0) is 12.8 Å². The van der Waals surface area contributed by atoms with Crippen LogP contribution in [0.25, 0.3) is 0 Å². The second-order valence-corrected chi connectivity index (χ2v) is 4.84. The van der Waals surface area contributed by atoms with Crippen LogP contribution in [0.1, 0.15) is 11.1 Å². The first kappa shape index (κ1) is 14.6. The predicted molar refractivity (Wildman–Crippen MR) is 72.7 cm³/mol. The molecule has 1 atom stereocenters. The molecule has 2 N–H and O–H groups in total. The highest BCUT2D eigenvalue weighted by molar-refractivity contribution is 5.22. The van der Waals surface area contributed by atoms with Crippen molar-refractivity contribution in [3.05, 3.63) is 71.0 Å². The molecule has 0 saturated carbocycles. The van der Waals surface area contributed by atoms with Gasteiger partial charge in [0, 0.05) is 5.56 Å². The molecule has 0 aliphatic heterocycles. The van der Waals surface area contributed by atoms with Crippen LogP contribution in [0.4, 0.5) is 13.2 Å². The smallest absolute Gasteiger partial charge is 0.129 e. The van der Waals surface area contributed by atoms with Gasteiger partial charge >= 0.3 is 0 Å². The van der Waals surface area contributed by atoms with Crippen molar-refractivity contribution in [2.45, 2.75) is 12.8 Å². The van der Waals surface area contributed by atoms with Gasteiger partial charge in [-0.2, -0.15) is 0 Å². The fourth-order valence-electron chi connectivity index (χ4n) is 2.25. The summed E-state index contributed by atoms with van der Waals surface area (Å²) in [6.07, 6.45) is 0.688. The Morgan fingerprint density at radius 1 is 0.900 bits per heavy atom. The van der Waals surface area contributed by atoms with Gasteiger partial charge in [-0.15, -0.1) is 0 Å². The van der Waals surface area contributed by atoms with Crippen LogP contribution >= 0.6 is 0 Å². The van der Waals surface area contributed by atoms with Gasteiger partial charge in [0.05, 0.1) is 0 Å². The number of hydrogen-bond acceptors (Lipinski definition) is 1. The molecular weight excluding hydrogens is 263 g/mol. The molecule has 4 heteroatoms. The normalized spacial score (nSPS) is 12.4. The zero-order chi connectivity index (χ0) is 14.5. The summed E-state index contributed by atoms with van der Waals surface area (Å²) in [6, 6.07) is 9.96. The molecule has 20 heavy (non-hydrogen) atoms. The van der Waals surface area contributed by atoms with E-state index in [1.807, 2.05) is 0 Å². The summed E-state index contributed by atoms with van der Waals surface area (Å²) >= 11 is 0. The highest BCUT2D eigenvalue weighted by Crippen LogP contribution is 2.19. The molecule has 0 aliphatic carbocycles. The van der Waals surface area contributed by atoms with Crippen LogP contribution in [0.5, 0.6) is 0 Å². The summed E-state index contributed by atoms with van der Waals surface area (Å²) in [6.45, 7) is 0.282. The fourth-order valence-corrected chi connectivity index (χ4v) is 2.25. The molecule has 2 rings (SSSR count). The van der Waals surface area contributed by atoms with Gasteiger partial charge in [0.15, 0.2) is 0 Å². The molecule has 1 unspecified atom stereocenters. The molecule has 106 valence electrons. The van der Waals surface area contributed by atoms with Crippen molar-refractivity contribution < 1.29 is 13.2 Å². The first-order valence-electron chi connectivity index (χ1n) is 6.47. The Kier molecular flexibility index (Phi) is 4.79. The third-order valence-electron chi connectivity index (χ3n) is 3.30. The minimum atomic E-state index is -0.567. The van der Waals surface area contributed by atoms with Gasteiger partial charge in [-0.05, 0) is 55.1 Å². The maximum atomic E-state index is 13.6. The fraction of sp³-hybridized carbons (Fsp3) is 0.250. The van der Waals surface area contributed by atoms with Gasteiger partial charge in [0.1, 0.15) is 17.5 Å². The second-order valence-electron chi connectivity index (χ2n) is 4.84. The Bertz CT molecular complexity index is 563. The lowest BCUT2D eigenvalue weighted by molar-refractivity contribution is 0.484. The largest absolute Gasteiger partial charge is 0.330 e. The molecule has 2 aromatic carbocycles. The Morgan fingerprint density at radius 3 is 2.15 bits per heavy atom. The highest BCUT2D eigenvalue weighted by Gasteiger charge is 2.15. The number of nitrogens with two attached hydrogens (primary N) is 1. The van der Waals surface area contributed by atoms with Crippen LogP contribution in [0, 0.1) is 23.4 Å². The van der Waals surface area contributed by atoms with Crippen molar-refractivity contribution in [1.29, 1.82) is 0 Å². The standard InChI is InChI=1S/C16H16F3N/c17-13-4-1-3-11(8-13)7-12(10-20)9-14-15(18)5-2-6-16(14)19/h1-6,8,12H,7,9-10,20H2. The molecule has 0 heterocycles. The summed E-state index contributed by atoms with van der Waals surface area (Å²) in [5.74, 6) is -1.59. The van der Waals surface area contributed by atoms with E-state index in [0.717, 1.165) is 5.56 Å². The molecule has 2 aromatic rings. The van der Waals surface area contributed by atoms with Crippen LogP contribution in [0.15, 0.2) is 42.5 Å². The molecule has 0 radical (unpaired) electrons. The summed E-state index contributed by atoms with van der Waals surface area (Å²) < 4.78 is 40.3. The topological polar surface area (TPSA) is 26.0 Å². The summed E-state index contributed by atoms with van der Waals surface area (Å²) in [5.41, 5.74) is 6.48. The van der Waals surface area contributed by atoms with Crippen molar-refractivity contribution in [3.63, 3.8) is 0 Å². The van der Waals surface area contributed by atoms with Gasteiger partial charge in [0.25, 0.3) is 0 Å². The van der Waals surface area contributed by atoms with Crippen molar-refractivity contribution in [2.24, 2.45) is 11.7 Å². The molecule has 0 aromatic heterocycles. The third-order valence-corrected chi connectivity index (χ3v) is 3.30. The summed E-state index contributed by atoms with van der Waals surface area (Å²) in [5, 5.41) is 0. The highest BCUT2D eigenvalue weighted by atomic mass is 19.1. The average Bonchev–Trinajstić information content (AvgIpc) is 2.42. The minimum absolute atomic E-state index is 0.0411. The first-order valence-corrected chi connectivity index (χ1v) is 6.47. The van der Waals surface area contributed by atoms with E-state index < -0.39 is 11.6 Å². The van der Waals surface area contributed by atoms with Gasteiger partial charge in [-0.3, -0.25) is 0 Å². The van der Waals surface area contributed by atoms with E-state index in [2.05, 4.69) is 0 Å². The van der Waals surface area contributed by atoms with Gasteiger partial charge in [-0.25, -0.2) is 13.2 Å². The van der Waals surface area contributed by atoms with Gasteiger partial charge in [0.2, 0.25) is 0 Å². The maximum Gasteiger partial charge on any atom is 0.129 e. The Labute approximate surface area is 116 Å². The van der Waals surface area contributed by atoms with Crippen LogP contribution in [0.3, 0.4) is 0 Å². The van der Waals surface area contributed by atoms with Crippen molar-refractivity contribution in [2.75, 3.05) is 6.54 Å². The number of rotatable bonds is 5. The lowest BCUT2D eigenvalue weighted by Crippen LogP contribution is -2.20. The van der Waals surface area contributed by atoms with Gasteiger partial charge < -0.3 is 5.73 Å². The Hall–Kier alpha value is -1.81. The van der Waals surface area contributed by atoms with E-state index in [1.165, 1.54) is 30.3 Å². The summed E-state index contributed by atoms with van der Waals surface area (Å²) in [7, 11) is 0. The van der Waals surface area contributed by atoms with Crippen LogP contribution in [0.2, 0.25) is 0 Å². The monoisotopic (exact) mass is 279 g/mol. The van der Waals surface area contributed by atoms with Crippen molar-refractivity contribution >= 4 is 0 Å². The van der Waals surface area contributed by atoms with E-state index >= 15 is 0 Å². The van der Waals surface area contributed by atoms with Crippen LogP contribution < -0.4 is 5.73 Å². The van der Waals surface area contributed by atoms with E-state index in [1.54, 1.807) is 12.1 Å². The third kappa shape index (κ3) is 3.61. The van der Waals surface area contributed by atoms with Crippen molar-refractivity contribution in [1.82, 2.24) is 0 Å².